The first-order valence-electron chi connectivity index (χ1n) is 6.15. The van der Waals surface area contributed by atoms with Gasteiger partial charge in [-0.15, -0.1) is 0 Å². The van der Waals surface area contributed by atoms with Gasteiger partial charge in [0.15, 0.2) is 0 Å². The smallest absolute Gasteiger partial charge is 0.391 e. The number of halogens is 3. The normalized spacial score (nSPS) is 20.1. The molecule has 18 heavy (non-hydrogen) atoms. The molecule has 0 bridgehead atoms. The number of hydrogen-bond acceptors (Lipinski definition) is 2. The molecule has 3 nitrogen and oxygen atoms in total. The molecule has 106 valence electrons. The lowest BCUT2D eigenvalue weighted by molar-refractivity contribution is -0.185. The highest BCUT2D eigenvalue weighted by Crippen LogP contribution is 2.34. The van der Waals surface area contributed by atoms with E-state index in [-0.39, 0.29) is 12.8 Å². The number of hydrogen-bond donors (Lipinski definition) is 1. The van der Waals surface area contributed by atoms with Gasteiger partial charge in [-0.1, -0.05) is 0 Å². The number of carboxylic acid groups (broad SMARTS) is 1. The van der Waals surface area contributed by atoms with Crippen LogP contribution in [0.2, 0.25) is 0 Å². The summed E-state index contributed by atoms with van der Waals surface area (Å²) in [5.41, 5.74) is -0.819. The van der Waals surface area contributed by atoms with Gasteiger partial charge in [-0.25, -0.2) is 0 Å². The zero-order valence-electron chi connectivity index (χ0n) is 10.8. The van der Waals surface area contributed by atoms with Gasteiger partial charge in [-0.3, -0.25) is 4.79 Å². The summed E-state index contributed by atoms with van der Waals surface area (Å²) in [6.07, 6.45) is -3.39. The van der Waals surface area contributed by atoms with E-state index in [1.165, 1.54) is 0 Å². The second-order valence-corrected chi connectivity index (χ2v) is 5.60. The number of piperidine rings is 1. The Morgan fingerprint density at radius 3 is 2.17 bits per heavy atom. The first kappa shape index (κ1) is 15.3. The quantitative estimate of drug-likeness (QED) is 0.851. The van der Waals surface area contributed by atoms with Crippen LogP contribution in [0.1, 0.15) is 33.1 Å². The third kappa shape index (κ3) is 4.15. The summed E-state index contributed by atoms with van der Waals surface area (Å²) in [5, 5.41) is 8.95. The van der Waals surface area contributed by atoms with Crippen LogP contribution in [0, 0.1) is 11.3 Å². The lowest BCUT2D eigenvalue weighted by Crippen LogP contribution is -2.41. The lowest BCUT2D eigenvalue weighted by atomic mass is 9.88. The van der Waals surface area contributed by atoms with E-state index in [2.05, 4.69) is 0 Å². The highest BCUT2D eigenvalue weighted by atomic mass is 19.4. The summed E-state index contributed by atoms with van der Waals surface area (Å²) >= 11 is 0. The SMILES string of the molecule is CC(C)(CCN1CCC(C(F)(F)F)CC1)C(=O)O. The topological polar surface area (TPSA) is 40.5 Å². The van der Waals surface area contributed by atoms with Crippen molar-refractivity contribution in [2.75, 3.05) is 19.6 Å². The lowest BCUT2D eigenvalue weighted by Gasteiger charge is -2.34. The Bertz CT molecular complexity index is 294. The molecular weight excluding hydrogens is 247 g/mol. The zero-order chi connectivity index (χ0) is 14.0. The van der Waals surface area contributed by atoms with Crippen molar-refractivity contribution in [3.63, 3.8) is 0 Å². The van der Waals surface area contributed by atoms with Crippen LogP contribution < -0.4 is 0 Å². The second kappa shape index (κ2) is 5.47. The predicted octanol–water partition coefficient (Wildman–Crippen LogP) is 2.76. The third-order valence-corrected chi connectivity index (χ3v) is 3.68. The van der Waals surface area contributed by atoms with Crippen molar-refractivity contribution < 1.29 is 23.1 Å². The largest absolute Gasteiger partial charge is 0.481 e. The molecule has 6 heteroatoms. The van der Waals surface area contributed by atoms with Crippen LogP contribution in [0.3, 0.4) is 0 Å². The van der Waals surface area contributed by atoms with Gasteiger partial charge in [0.05, 0.1) is 11.3 Å². The van der Waals surface area contributed by atoms with Crippen molar-refractivity contribution in [3.05, 3.63) is 0 Å². The number of rotatable bonds is 4. The number of aliphatic carboxylic acids is 1. The van der Waals surface area contributed by atoms with Crippen LogP contribution in [-0.2, 0) is 4.79 Å². The van der Waals surface area contributed by atoms with E-state index < -0.39 is 23.5 Å². The standard InChI is InChI=1S/C12H20F3NO2/c1-11(2,10(17)18)5-8-16-6-3-9(4-7-16)12(13,14)15/h9H,3-8H2,1-2H3,(H,17,18). The van der Waals surface area contributed by atoms with Gasteiger partial charge >= 0.3 is 12.1 Å². The van der Waals surface area contributed by atoms with Crippen molar-refractivity contribution in [2.24, 2.45) is 11.3 Å². The van der Waals surface area contributed by atoms with E-state index in [1.54, 1.807) is 13.8 Å². The van der Waals surface area contributed by atoms with Crippen LogP contribution in [-0.4, -0.2) is 41.8 Å². The maximum absolute atomic E-state index is 12.5. The Hall–Kier alpha value is -0.780. The first-order valence-corrected chi connectivity index (χ1v) is 6.15. The molecule has 1 fully saturated rings. The van der Waals surface area contributed by atoms with Crippen LogP contribution in [0.5, 0.6) is 0 Å². The van der Waals surface area contributed by atoms with Crippen molar-refractivity contribution in [3.8, 4) is 0 Å². The van der Waals surface area contributed by atoms with Gasteiger partial charge in [-0.2, -0.15) is 13.2 Å². The molecule has 1 N–H and O–H groups in total. The van der Waals surface area contributed by atoms with Gasteiger partial charge < -0.3 is 10.0 Å². The molecule has 0 atom stereocenters. The Morgan fingerprint density at radius 2 is 1.78 bits per heavy atom. The Kier molecular flexibility index (Phi) is 4.64. The summed E-state index contributed by atoms with van der Waals surface area (Å²) in [4.78, 5) is 12.8. The monoisotopic (exact) mass is 267 g/mol. The Balaban J connectivity index is 2.35. The summed E-state index contributed by atoms with van der Waals surface area (Å²) in [6, 6.07) is 0. The molecule has 0 aromatic carbocycles. The predicted molar refractivity (Wildman–Crippen MR) is 61.3 cm³/mol. The first-order chi connectivity index (χ1) is 8.13. The molecule has 1 heterocycles. The Labute approximate surface area is 105 Å². The average Bonchev–Trinajstić information content (AvgIpc) is 2.25. The summed E-state index contributed by atoms with van der Waals surface area (Å²) in [7, 11) is 0. The molecule has 1 aliphatic heterocycles. The van der Waals surface area contributed by atoms with Crippen molar-refractivity contribution >= 4 is 5.97 Å². The van der Waals surface area contributed by atoms with Crippen molar-refractivity contribution in [2.45, 2.75) is 39.3 Å². The molecule has 0 radical (unpaired) electrons. The van der Waals surface area contributed by atoms with E-state index in [0.29, 0.717) is 26.1 Å². The number of nitrogens with zero attached hydrogens (tertiary/aromatic N) is 1. The van der Waals surface area contributed by atoms with Gasteiger partial charge in [0, 0.05) is 0 Å². The molecule has 0 aromatic rings. The number of likely N-dealkylation sites (tertiary alicyclic amines) is 1. The van der Waals surface area contributed by atoms with Crippen LogP contribution in [0.25, 0.3) is 0 Å². The van der Waals surface area contributed by atoms with Gasteiger partial charge in [0.25, 0.3) is 0 Å². The Morgan fingerprint density at radius 1 is 1.28 bits per heavy atom. The minimum atomic E-state index is -4.09. The van der Waals surface area contributed by atoms with Crippen LogP contribution in [0.4, 0.5) is 13.2 Å². The number of carboxylic acids is 1. The van der Waals surface area contributed by atoms with Gasteiger partial charge in [0.1, 0.15) is 0 Å². The third-order valence-electron chi connectivity index (χ3n) is 3.68. The molecule has 1 aliphatic rings. The minimum Gasteiger partial charge on any atom is -0.481 e. The fourth-order valence-electron chi connectivity index (χ4n) is 2.03. The highest BCUT2D eigenvalue weighted by Gasteiger charge is 2.41. The van der Waals surface area contributed by atoms with Crippen molar-refractivity contribution in [1.29, 1.82) is 0 Å². The molecule has 1 saturated heterocycles. The van der Waals surface area contributed by atoms with E-state index in [9.17, 15) is 18.0 Å². The van der Waals surface area contributed by atoms with E-state index in [0.717, 1.165) is 0 Å². The second-order valence-electron chi connectivity index (χ2n) is 5.60. The molecule has 1 rings (SSSR count). The fraction of sp³-hybridized carbons (Fsp3) is 0.917. The maximum Gasteiger partial charge on any atom is 0.391 e. The number of alkyl halides is 3. The van der Waals surface area contributed by atoms with Crippen LogP contribution in [0.15, 0.2) is 0 Å². The minimum absolute atomic E-state index is 0.122. The molecule has 0 amide bonds. The molecule has 0 aromatic heterocycles. The van der Waals surface area contributed by atoms with Gasteiger partial charge in [-0.05, 0) is 52.7 Å². The van der Waals surface area contributed by atoms with Gasteiger partial charge in [0.2, 0.25) is 0 Å². The maximum atomic E-state index is 12.5. The number of carbonyl (C=O) groups is 1. The van der Waals surface area contributed by atoms with Crippen LogP contribution >= 0.6 is 0 Å². The summed E-state index contributed by atoms with van der Waals surface area (Å²) in [6.45, 7) is 4.62. The molecular formula is C12H20F3NO2. The molecule has 0 unspecified atom stereocenters. The van der Waals surface area contributed by atoms with E-state index >= 15 is 0 Å². The molecule has 0 aliphatic carbocycles. The highest BCUT2D eigenvalue weighted by molar-refractivity contribution is 5.73. The average molecular weight is 267 g/mol. The fourth-order valence-corrected chi connectivity index (χ4v) is 2.03. The van der Waals surface area contributed by atoms with E-state index in [4.69, 9.17) is 5.11 Å². The zero-order valence-corrected chi connectivity index (χ0v) is 10.8. The summed E-state index contributed by atoms with van der Waals surface area (Å²) in [5.74, 6) is -2.06. The van der Waals surface area contributed by atoms with Crippen molar-refractivity contribution in [1.82, 2.24) is 4.90 Å². The molecule has 0 spiro atoms. The van der Waals surface area contributed by atoms with E-state index in [1.807, 2.05) is 4.90 Å². The molecule has 0 saturated carbocycles. The summed E-state index contributed by atoms with van der Waals surface area (Å²) < 4.78 is 37.4.